The number of amides is 1. The Morgan fingerprint density at radius 2 is 1.88 bits per heavy atom. The molecular weight excluding hydrogens is 234 g/mol. The van der Waals surface area contributed by atoms with E-state index in [9.17, 15) is 18.0 Å². The second-order valence-corrected chi connectivity index (χ2v) is 6.89. The summed E-state index contributed by atoms with van der Waals surface area (Å²) in [5.74, 6) is -2.36. The molecule has 0 aromatic rings. The van der Waals surface area contributed by atoms with Crippen molar-refractivity contribution in [3.8, 4) is 0 Å². The van der Waals surface area contributed by atoms with Crippen molar-refractivity contribution < 1.29 is 23.1 Å². The maximum Gasteiger partial charge on any atom is 0.330 e. The number of rotatable bonds is 2. The van der Waals surface area contributed by atoms with Crippen molar-refractivity contribution in [2.45, 2.75) is 33.2 Å². The first-order valence-corrected chi connectivity index (χ1v) is 6.35. The molecule has 1 saturated heterocycles. The molecule has 0 radical (unpaired) electrons. The minimum absolute atomic E-state index is 0.352. The van der Waals surface area contributed by atoms with Gasteiger partial charge in [-0.15, -0.1) is 0 Å². The molecule has 6 nitrogen and oxygen atoms in total. The van der Waals surface area contributed by atoms with Gasteiger partial charge in [-0.2, -0.15) is 0 Å². The molecule has 0 aliphatic carbocycles. The predicted molar refractivity (Wildman–Crippen MR) is 56.1 cm³/mol. The third kappa shape index (κ3) is 1.68. The molecule has 1 aliphatic rings. The van der Waals surface area contributed by atoms with Crippen LogP contribution in [-0.2, 0) is 19.6 Å². The van der Waals surface area contributed by atoms with Crippen LogP contribution in [0.5, 0.6) is 0 Å². The van der Waals surface area contributed by atoms with Crippen LogP contribution in [0, 0.1) is 5.41 Å². The summed E-state index contributed by atoms with van der Waals surface area (Å²) in [5.41, 5.74) is -2.81. The lowest BCUT2D eigenvalue weighted by atomic mass is 9.93. The number of carbonyl (C=O) groups excluding carboxylic acids is 1. The van der Waals surface area contributed by atoms with Crippen LogP contribution in [0.3, 0.4) is 0 Å². The van der Waals surface area contributed by atoms with Gasteiger partial charge in [-0.1, -0.05) is 0 Å². The van der Waals surface area contributed by atoms with Gasteiger partial charge in [0, 0.05) is 0 Å². The maximum atomic E-state index is 11.9. The van der Waals surface area contributed by atoms with Gasteiger partial charge in [0.05, 0.1) is 11.2 Å². The normalized spacial score (nSPS) is 23.5. The summed E-state index contributed by atoms with van der Waals surface area (Å²) < 4.78 is 24.0. The van der Waals surface area contributed by atoms with E-state index in [1.807, 2.05) is 0 Å². The predicted octanol–water partition coefficient (Wildman–Crippen LogP) is 0.0478. The molecule has 0 saturated carbocycles. The largest absolute Gasteiger partial charge is 0.479 e. The van der Waals surface area contributed by atoms with Crippen LogP contribution in [0.1, 0.15) is 27.7 Å². The molecule has 7 heteroatoms. The topological polar surface area (TPSA) is 91.8 Å². The molecule has 1 aliphatic heterocycles. The third-order valence-corrected chi connectivity index (χ3v) is 4.88. The number of hydrogen-bond acceptors (Lipinski definition) is 4. The lowest BCUT2D eigenvalue weighted by Gasteiger charge is -2.30. The number of sulfonamides is 1. The van der Waals surface area contributed by atoms with E-state index in [-0.39, 0.29) is 5.75 Å². The maximum absolute atomic E-state index is 11.9. The Labute approximate surface area is 94.3 Å². The number of carboxylic acid groups (broad SMARTS) is 1. The summed E-state index contributed by atoms with van der Waals surface area (Å²) in [4.78, 5) is 22.9. The summed E-state index contributed by atoms with van der Waals surface area (Å²) in [5, 5.41) is 8.96. The molecule has 1 amide bonds. The average molecular weight is 249 g/mol. The van der Waals surface area contributed by atoms with Crippen molar-refractivity contribution in [1.29, 1.82) is 0 Å². The van der Waals surface area contributed by atoms with Crippen LogP contribution < -0.4 is 0 Å². The molecule has 92 valence electrons. The summed E-state index contributed by atoms with van der Waals surface area (Å²) in [6.07, 6.45) is 0. The van der Waals surface area contributed by atoms with E-state index in [0.29, 0.717) is 4.31 Å². The second kappa shape index (κ2) is 3.19. The first-order valence-electron chi connectivity index (χ1n) is 4.74. The highest BCUT2D eigenvalue weighted by atomic mass is 32.2. The summed E-state index contributed by atoms with van der Waals surface area (Å²) >= 11 is 0. The number of carboxylic acids is 1. The number of nitrogens with zero attached hydrogens (tertiary/aromatic N) is 1. The van der Waals surface area contributed by atoms with E-state index in [1.165, 1.54) is 27.7 Å². The van der Waals surface area contributed by atoms with Gasteiger partial charge in [0.1, 0.15) is 5.54 Å². The second-order valence-electron chi connectivity index (χ2n) is 5.07. The van der Waals surface area contributed by atoms with Crippen LogP contribution >= 0.6 is 0 Å². The Bertz CT molecular complexity index is 449. The Balaban J connectivity index is 3.35. The number of carbonyl (C=O) groups is 2. The first kappa shape index (κ1) is 13.0. The fourth-order valence-corrected chi connectivity index (χ4v) is 4.11. The van der Waals surface area contributed by atoms with Gasteiger partial charge in [0.15, 0.2) is 0 Å². The highest BCUT2D eigenvalue weighted by Gasteiger charge is 2.56. The standard InChI is InChI=1S/C9H15NO5S/c1-8(2)5-16(14,15)10(6(8)11)9(3,4)7(12)13/h5H2,1-4H3,(H,12,13). The summed E-state index contributed by atoms with van der Waals surface area (Å²) in [6, 6.07) is 0. The molecule has 0 aromatic carbocycles. The van der Waals surface area contributed by atoms with E-state index in [2.05, 4.69) is 0 Å². The molecule has 0 atom stereocenters. The highest BCUT2D eigenvalue weighted by Crippen LogP contribution is 2.36. The van der Waals surface area contributed by atoms with Crippen LogP contribution in [0.25, 0.3) is 0 Å². The van der Waals surface area contributed by atoms with Crippen molar-refractivity contribution >= 4 is 21.9 Å². The van der Waals surface area contributed by atoms with Gasteiger partial charge in [0.25, 0.3) is 0 Å². The van der Waals surface area contributed by atoms with Gasteiger partial charge in [-0.05, 0) is 27.7 Å². The lowest BCUT2D eigenvalue weighted by Crippen LogP contribution is -2.53. The van der Waals surface area contributed by atoms with Gasteiger partial charge in [0.2, 0.25) is 15.9 Å². The fourth-order valence-electron chi connectivity index (χ4n) is 1.67. The summed E-state index contributed by atoms with van der Waals surface area (Å²) in [7, 11) is -3.84. The minimum Gasteiger partial charge on any atom is -0.479 e. The van der Waals surface area contributed by atoms with Gasteiger partial charge >= 0.3 is 5.97 Å². The average Bonchev–Trinajstić information content (AvgIpc) is 2.15. The molecule has 0 bridgehead atoms. The Morgan fingerprint density at radius 1 is 1.44 bits per heavy atom. The highest BCUT2D eigenvalue weighted by molar-refractivity contribution is 7.90. The summed E-state index contributed by atoms with van der Waals surface area (Å²) in [6.45, 7) is 5.38. The zero-order valence-corrected chi connectivity index (χ0v) is 10.5. The van der Waals surface area contributed by atoms with Crippen LogP contribution in [-0.4, -0.2) is 41.0 Å². The first-order chi connectivity index (χ1) is 6.93. The molecular formula is C9H15NO5S. The molecule has 1 heterocycles. The molecule has 16 heavy (non-hydrogen) atoms. The van der Waals surface area contributed by atoms with Crippen LogP contribution in [0.15, 0.2) is 0 Å². The van der Waals surface area contributed by atoms with Crippen molar-refractivity contribution in [1.82, 2.24) is 4.31 Å². The van der Waals surface area contributed by atoms with Gasteiger partial charge in [-0.25, -0.2) is 17.5 Å². The zero-order valence-electron chi connectivity index (χ0n) is 9.64. The third-order valence-electron chi connectivity index (χ3n) is 2.62. The van der Waals surface area contributed by atoms with E-state index in [4.69, 9.17) is 5.11 Å². The van der Waals surface area contributed by atoms with Gasteiger partial charge in [-0.3, -0.25) is 4.79 Å². The van der Waals surface area contributed by atoms with E-state index in [1.54, 1.807) is 0 Å². The van der Waals surface area contributed by atoms with Crippen molar-refractivity contribution in [2.75, 3.05) is 5.75 Å². The molecule has 1 fully saturated rings. The quantitative estimate of drug-likeness (QED) is 0.746. The van der Waals surface area contributed by atoms with Crippen LogP contribution in [0.4, 0.5) is 0 Å². The monoisotopic (exact) mass is 249 g/mol. The zero-order chi connectivity index (χ0) is 12.9. The Kier molecular flexibility index (Phi) is 2.58. The van der Waals surface area contributed by atoms with Crippen LogP contribution in [0.2, 0.25) is 0 Å². The molecule has 0 spiro atoms. The van der Waals surface area contributed by atoms with Crippen molar-refractivity contribution in [3.05, 3.63) is 0 Å². The van der Waals surface area contributed by atoms with E-state index < -0.39 is 32.9 Å². The Hall–Kier alpha value is -1.11. The van der Waals surface area contributed by atoms with E-state index >= 15 is 0 Å². The minimum atomic E-state index is -3.84. The van der Waals surface area contributed by atoms with Crippen molar-refractivity contribution in [2.24, 2.45) is 5.41 Å². The molecule has 0 aromatic heterocycles. The Morgan fingerprint density at radius 3 is 2.12 bits per heavy atom. The van der Waals surface area contributed by atoms with E-state index in [0.717, 1.165) is 0 Å². The molecule has 1 N–H and O–H groups in total. The lowest BCUT2D eigenvalue weighted by molar-refractivity contribution is -0.153. The SMILES string of the molecule is CC1(C)CS(=O)(=O)N(C(C)(C)C(=O)O)C1=O. The number of aliphatic carboxylic acids is 1. The fraction of sp³-hybridized carbons (Fsp3) is 0.778. The molecule has 0 unspecified atom stereocenters. The smallest absolute Gasteiger partial charge is 0.330 e. The van der Waals surface area contributed by atoms with Gasteiger partial charge < -0.3 is 5.11 Å². The molecule has 1 rings (SSSR count). The number of hydrogen-bond donors (Lipinski definition) is 1. The van der Waals surface area contributed by atoms with Crippen molar-refractivity contribution in [3.63, 3.8) is 0 Å².